The molecule has 12 heteroatoms. The van der Waals surface area contributed by atoms with Gasteiger partial charge in [0, 0.05) is 9.24 Å². The summed E-state index contributed by atoms with van der Waals surface area (Å²) in [6, 6.07) is 4.89. The summed E-state index contributed by atoms with van der Waals surface area (Å²) in [5.74, 6) is -0.521. The van der Waals surface area contributed by atoms with Gasteiger partial charge in [-0.3, -0.25) is 0 Å². The maximum absolute atomic E-state index is 12.4. The Labute approximate surface area is 109 Å². The van der Waals surface area contributed by atoms with Crippen LogP contribution >= 0.6 is 9.24 Å². The molecule has 116 valence electrons. The molecule has 0 aliphatic heterocycles. The van der Waals surface area contributed by atoms with Crippen LogP contribution in [0.3, 0.4) is 0 Å². The van der Waals surface area contributed by atoms with Gasteiger partial charge in [0.05, 0.1) is 5.30 Å². The first-order valence-corrected chi connectivity index (χ1v) is 5.36. The Morgan fingerprint density at radius 3 is 1.50 bits per heavy atom. The fourth-order valence-corrected chi connectivity index (χ4v) is 0.999. The largest absolute Gasteiger partial charge is 0.673 e. The van der Waals surface area contributed by atoms with Crippen molar-refractivity contribution in [3.63, 3.8) is 0 Å². The van der Waals surface area contributed by atoms with E-state index in [-0.39, 0.29) is 0 Å². The highest BCUT2D eigenvalue weighted by atomic mass is 31.0. The molecule has 1 aromatic rings. The lowest BCUT2D eigenvalue weighted by Gasteiger charge is -2.19. The maximum atomic E-state index is 12.4. The topological polar surface area (TPSA) is 9.23 Å². The predicted octanol–water partition coefficient (Wildman–Crippen LogP) is 3.75. The Morgan fingerprint density at radius 1 is 0.850 bits per heavy atom. The van der Waals surface area contributed by atoms with Crippen molar-refractivity contribution in [2.45, 2.75) is 12.3 Å². The molecule has 0 aromatic heterocycles. The fraction of sp³-hybridized carbons (Fsp3) is 0.250. The molecule has 0 heterocycles. The van der Waals surface area contributed by atoms with Gasteiger partial charge in [-0.25, -0.2) is 0 Å². The molecule has 0 aliphatic carbocycles. The quantitative estimate of drug-likeness (QED) is 0.455. The second-order valence-electron chi connectivity index (χ2n) is 3.26. The molecule has 0 spiro atoms. The average Bonchev–Trinajstić information content (AvgIpc) is 2.17. The summed E-state index contributed by atoms with van der Waals surface area (Å²) in [6.07, 6.45) is -10.9. The van der Waals surface area contributed by atoms with Gasteiger partial charge >= 0.3 is 19.5 Å². The van der Waals surface area contributed by atoms with Crippen molar-refractivity contribution in [2.75, 3.05) is 0 Å². The lowest BCUT2D eigenvalue weighted by atomic mass is 10.3. The molecular formula is C8H7BF9OP. The van der Waals surface area contributed by atoms with Crippen LogP contribution in [-0.2, 0) is 0 Å². The zero-order chi connectivity index (χ0) is 16.2. The first-order valence-electron chi connectivity index (χ1n) is 4.65. The highest BCUT2D eigenvalue weighted by Gasteiger charge is 2.61. The lowest BCUT2D eigenvalue weighted by Crippen LogP contribution is -2.41. The van der Waals surface area contributed by atoms with Crippen molar-refractivity contribution < 1.29 is 44.0 Å². The molecule has 0 amide bonds. The zero-order valence-corrected chi connectivity index (χ0v) is 10.8. The summed E-state index contributed by atoms with van der Waals surface area (Å²) in [6.45, 7) is 0. The maximum Gasteiger partial charge on any atom is 0.673 e. The molecule has 0 radical (unpaired) electrons. The van der Waals surface area contributed by atoms with Crippen molar-refractivity contribution in [1.29, 1.82) is 0 Å². The average molecular weight is 332 g/mol. The molecule has 0 saturated carbocycles. The number of alkyl halides is 5. The summed E-state index contributed by atoms with van der Waals surface area (Å²) in [4.78, 5) is 0. The van der Waals surface area contributed by atoms with Crippen LogP contribution in [0.1, 0.15) is 0 Å². The number of benzene rings is 1. The predicted molar refractivity (Wildman–Crippen MR) is 59.0 cm³/mol. The Kier molecular flexibility index (Phi) is 6.19. The molecule has 0 saturated heterocycles. The van der Waals surface area contributed by atoms with Gasteiger partial charge in [-0.1, -0.05) is 0 Å². The van der Waals surface area contributed by atoms with Crippen molar-refractivity contribution in [3.8, 4) is 5.75 Å². The SMILES string of the molecule is FC(F)(F)C(F)(F)Oc1ccc([PH3+])cc1.F[B-](F)(F)F. The Morgan fingerprint density at radius 2 is 1.20 bits per heavy atom. The molecule has 1 nitrogen and oxygen atoms in total. The van der Waals surface area contributed by atoms with Crippen LogP contribution in [0.25, 0.3) is 0 Å². The monoisotopic (exact) mass is 332 g/mol. The van der Waals surface area contributed by atoms with Crippen LogP contribution in [0.15, 0.2) is 24.3 Å². The Hall–Kier alpha value is -1.12. The van der Waals surface area contributed by atoms with E-state index >= 15 is 0 Å². The summed E-state index contributed by atoms with van der Waals surface area (Å²) < 4.78 is 102. The fourth-order valence-electron chi connectivity index (χ4n) is 0.763. The molecule has 1 unspecified atom stereocenters. The number of hydrogen-bond acceptors (Lipinski definition) is 1. The van der Waals surface area contributed by atoms with Gasteiger partial charge in [0.1, 0.15) is 5.75 Å². The second kappa shape index (κ2) is 6.56. The van der Waals surface area contributed by atoms with Crippen LogP contribution in [0.5, 0.6) is 5.75 Å². The summed E-state index contributed by atoms with van der Waals surface area (Å²) in [5.41, 5.74) is 0. The third-order valence-electron chi connectivity index (χ3n) is 1.50. The molecule has 0 N–H and O–H groups in total. The summed E-state index contributed by atoms with van der Waals surface area (Å²) in [7, 11) is -4.52. The molecule has 1 rings (SSSR count). The molecule has 0 bridgehead atoms. The minimum atomic E-state index is -6.00. The first-order chi connectivity index (χ1) is 8.72. The molecule has 0 aliphatic rings. The van der Waals surface area contributed by atoms with Crippen LogP contribution in [0.2, 0.25) is 0 Å². The van der Waals surface area contributed by atoms with Crippen molar-refractivity contribution in [1.82, 2.24) is 0 Å². The van der Waals surface area contributed by atoms with Gasteiger partial charge in [-0.05, 0) is 24.3 Å². The van der Waals surface area contributed by atoms with E-state index in [1.54, 1.807) is 0 Å². The van der Waals surface area contributed by atoms with Gasteiger partial charge in [-0.2, -0.15) is 22.0 Å². The highest BCUT2D eigenvalue weighted by molar-refractivity contribution is 7.27. The van der Waals surface area contributed by atoms with E-state index in [4.69, 9.17) is 0 Å². The van der Waals surface area contributed by atoms with Gasteiger partial charge < -0.3 is 22.0 Å². The summed E-state index contributed by atoms with van der Waals surface area (Å²) in [5, 5.41) is 0.762. The number of rotatable bonds is 2. The first kappa shape index (κ1) is 18.9. The van der Waals surface area contributed by atoms with Crippen LogP contribution in [-0.4, -0.2) is 19.5 Å². The number of ether oxygens (including phenoxy) is 1. The Bertz CT molecular complexity index is 407. The zero-order valence-electron chi connectivity index (χ0n) is 9.40. The normalized spacial score (nSPS) is 12.7. The van der Waals surface area contributed by atoms with E-state index in [2.05, 4.69) is 4.74 Å². The van der Waals surface area contributed by atoms with Crippen LogP contribution < -0.4 is 10.0 Å². The summed E-state index contributed by atoms with van der Waals surface area (Å²) >= 11 is 0. The highest BCUT2D eigenvalue weighted by Crippen LogP contribution is 2.36. The van der Waals surface area contributed by atoms with Gasteiger partial charge in [-0.15, -0.1) is 0 Å². The number of hydrogen-bond donors (Lipinski definition) is 0. The van der Waals surface area contributed by atoms with Crippen molar-refractivity contribution >= 4 is 21.8 Å². The van der Waals surface area contributed by atoms with E-state index < -0.39 is 25.3 Å². The molecule has 0 fully saturated rings. The van der Waals surface area contributed by atoms with Crippen LogP contribution in [0, 0.1) is 0 Å². The smallest absolute Gasteiger partial charge is 0.426 e. The van der Waals surface area contributed by atoms with Gasteiger partial charge in [0.25, 0.3) is 0 Å². The van der Waals surface area contributed by atoms with Crippen molar-refractivity contribution in [3.05, 3.63) is 24.3 Å². The minimum Gasteiger partial charge on any atom is -0.426 e. The molecule has 20 heavy (non-hydrogen) atoms. The third-order valence-corrected chi connectivity index (χ3v) is 1.97. The van der Waals surface area contributed by atoms with E-state index in [0.717, 1.165) is 17.4 Å². The standard InChI is InChI=1S/C8H6F5OP.BF4/c9-7(10,11)8(12,13)14-5-1-3-6(15)4-2-5;2-1(3,4)5/h1-4H,15H2;/q;-1/p+1. The van der Waals surface area contributed by atoms with E-state index in [1.807, 2.05) is 0 Å². The van der Waals surface area contributed by atoms with Crippen LogP contribution in [0.4, 0.5) is 39.2 Å². The molecule has 1 aromatic carbocycles. The van der Waals surface area contributed by atoms with Gasteiger partial charge in [0.15, 0.2) is 0 Å². The lowest BCUT2D eigenvalue weighted by molar-refractivity contribution is -0.360. The van der Waals surface area contributed by atoms with Crippen molar-refractivity contribution in [2.24, 2.45) is 0 Å². The van der Waals surface area contributed by atoms with Gasteiger partial charge in [0.2, 0.25) is 0 Å². The molecular weight excluding hydrogens is 325 g/mol. The van der Waals surface area contributed by atoms with E-state index in [0.29, 0.717) is 0 Å². The second-order valence-corrected chi connectivity index (χ2v) is 4.07. The molecule has 1 atom stereocenters. The number of halogens is 9. The minimum absolute atomic E-state index is 0.521. The van der Waals surface area contributed by atoms with E-state index in [9.17, 15) is 39.2 Å². The Balaban J connectivity index is 0.000000621. The third kappa shape index (κ3) is 8.14. The van der Waals surface area contributed by atoms with E-state index in [1.165, 1.54) is 21.4 Å².